The number of anilines is 2. The van der Waals surface area contributed by atoms with Gasteiger partial charge in [-0.3, -0.25) is 4.79 Å². The number of halogens is 1. The van der Waals surface area contributed by atoms with Crippen molar-refractivity contribution in [1.82, 2.24) is 14.9 Å². The largest absolute Gasteiger partial charge is 0.481 e. The van der Waals surface area contributed by atoms with Crippen LogP contribution in [-0.2, 0) is 17.6 Å². The van der Waals surface area contributed by atoms with Gasteiger partial charge in [-0.05, 0) is 112 Å². The van der Waals surface area contributed by atoms with Gasteiger partial charge in [-0.25, -0.2) is 9.37 Å². The van der Waals surface area contributed by atoms with Gasteiger partial charge in [0.1, 0.15) is 11.6 Å². The monoisotopic (exact) mass is 613 g/mol. The highest BCUT2D eigenvalue weighted by atomic mass is 19.1. The number of carboxylic acids is 1. The number of hydrogen-bond acceptors (Lipinski definition) is 6. The Morgan fingerprint density at radius 2 is 1.76 bits per heavy atom. The van der Waals surface area contributed by atoms with E-state index in [0.29, 0.717) is 11.9 Å². The van der Waals surface area contributed by atoms with Crippen molar-refractivity contribution in [2.45, 2.75) is 95.6 Å². The highest BCUT2D eigenvalue weighted by Gasteiger charge is 2.32. The highest BCUT2D eigenvalue weighted by Crippen LogP contribution is 2.38. The van der Waals surface area contributed by atoms with E-state index in [1.807, 2.05) is 12.1 Å². The number of fused-ring (bicyclic) bond motifs is 1. The number of rotatable bonds is 11. The van der Waals surface area contributed by atoms with Crippen LogP contribution in [0.25, 0.3) is 0 Å². The summed E-state index contributed by atoms with van der Waals surface area (Å²) >= 11 is 0. The summed E-state index contributed by atoms with van der Waals surface area (Å²) in [6, 6.07) is 18.0. The Bertz CT molecular complexity index is 1420. The van der Waals surface area contributed by atoms with E-state index in [0.717, 1.165) is 93.6 Å². The van der Waals surface area contributed by atoms with E-state index in [1.54, 1.807) is 6.07 Å². The first kappa shape index (κ1) is 31.5. The Hall–Kier alpha value is -3.52. The molecule has 8 heteroatoms. The zero-order valence-electron chi connectivity index (χ0n) is 26.6. The van der Waals surface area contributed by atoms with Crippen molar-refractivity contribution in [3.63, 3.8) is 0 Å². The van der Waals surface area contributed by atoms with E-state index in [2.05, 4.69) is 52.8 Å². The third kappa shape index (κ3) is 7.83. The summed E-state index contributed by atoms with van der Waals surface area (Å²) in [5.74, 6) is 1.04. The van der Waals surface area contributed by atoms with Crippen LogP contribution >= 0.6 is 0 Å². The molecule has 3 atom stereocenters. The molecule has 7 nitrogen and oxygen atoms in total. The number of aryl methyl sites for hydroxylation is 1. The zero-order valence-corrected chi connectivity index (χ0v) is 26.6. The van der Waals surface area contributed by atoms with Gasteiger partial charge in [-0.2, -0.15) is 4.98 Å². The van der Waals surface area contributed by atoms with Crippen LogP contribution in [0.3, 0.4) is 0 Å². The summed E-state index contributed by atoms with van der Waals surface area (Å²) < 4.78 is 14.2. The maximum atomic E-state index is 14.2. The fraction of sp³-hybridized carbons (Fsp3) is 0.541. The molecule has 3 N–H and O–H groups in total. The van der Waals surface area contributed by atoms with Crippen LogP contribution in [0.4, 0.5) is 16.2 Å². The summed E-state index contributed by atoms with van der Waals surface area (Å²) in [6.07, 6.45) is 10.5. The summed E-state index contributed by atoms with van der Waals surface area (Å²) in [5, 5.41) is 17.1. The van der Waals surface area contributed by atoms with E-state index in [9.17, 15) is 14.3 Å². The summed E-state index contributed by atoms with van der Waals surface area (Å²) in [5.41, 5.74) is 4.47. The fourth-order valence-electron chi connectivity index (χ4n) is 7.81. The van der Waals surface area contributed by atoms with Crippen LogP contribution in [0.5, 0.6) is 0 Å². The number of nitrogens with one attached hydrogen (secondary N) is 2. The van der Waals surface area contributed by atoms with Gasteiger partial charge in [0, 0.05) is 18.2 Å². The second-order valence-electron chi connectivity index (χ2n) is 13.4. The molecule has 2 aromatic carbocycles. The van der Waals surface area contributed by atoms with Crippen molar-refractivity contribution >= 4 is 17.7 Å². The average Bonchev–Trinajstić information content (AvgIpc) is 3.07. The van der Waals surface area contributed by atoms with Gasteiger partial charge in [0.25, 0.3) is 0 Å². The molecule has 2 aliphatic carbocycles. The molecule has 1 saturated carbocycles. The molecule has 0 bridgehead atoms. The van der Waals surface area contributed by atoms with Gasteiger partial charge in [-0.1, -0.05) is 55.8 Å². The number of carboxylic acid groups (broad SMARTS) is 1. The number of carbonyl (C=O) groups is 1. The van der Waals surface area contributed by atoms with Crippen LogP contribution in [-0.4, -0.2) is 51.6 Å². The Morgan fingerprint density at radius 3 is 2.47 bits per heavy atom. The Kier molecular flexibility index (Phi) is 10.3. The van der Waals surface area contributed by atoms with Crippen molar-refractivity contribution in [2.24, 2.45) is 11.8 Å². The molecule has 45 heavy (non-hydrogen) atoms. The maximum Gasteiger partial charge on any atom is 0.306 e. The molecule has 240 valence electrons. The SMILES string of the molecule is CC[C@@H](Nc1nc2c(c(N[C@@H](CN3CCCCC3)c3ccccc3)n1)C[C@@H](c1cccc(F)c1)CC2)C1CCC(C(=O)O)CC1. The summed E-state index contributed by atoms with van der Waals surface area (Å²) in [6.45, 7) is 5.32. The van der Waals surface area contributed by atoms with Gasteiger partial charge in [-0.15, -0.1) is 0 Å². The number of nitrogens with zero attached hydrogens (tertiary/aromatic N) is 3. The molecule has 6 rings (SSSR count). The number of likely N-dealkylation sites (tertiary alicyclic amines) is 1. The molecular weight excluding hydrogens is 565 g/mol. The minimum atomic E-state index is -0.669. The minimum absolute atomic E-state index is 0.0685. The number of piperidine rings is 1. The van der Waals surface area contributed by atoms with Gasteiger partial charge in [0.2, 0.25) is 5.95 Å². The molecule has 0 unspecified atom stereocenters. The molecule has 1 aromatic heterocycles. The maximum absolute atomic E-state index is 14.2. The van der Waals surface area contributed by atoms with E-state index in [1.165, 1.54) is 30.9 Å². The molecule has 0 spiro atoms. The predicted molar refractivity (Wildman–Crippen MR) is 177 cm³/mol. The van der Waals surface area contributed by atoms with E-state index < -0.39 is 5.97 Å². The molecule has 2 fully saturated rings. The Balaban J connectivity index is 1.30. The Labute approximate surface area is 267 Å². The third-order valence-electron chi connectivity index (χ3n) is 10.4. The number of aliphatic carboxylic acids is 1. The Morgan fingerprint density at radius 1 is 0.978 bits per heavy atom. The molecular formula is C37H48FN5O2. The van der Waals surface area contributed by atoms with Crippen molar-refractivity contribution in [3.05, 3.63) is 82.8 Å². The lowest BCUT2D eigenvalue weighted by Gasteiger charge is -2.34. The van der Waals surface area contributed by atoms with Crippen molar-refractivity contribution in [2.75, 3.05) is 30.3 Å². The van der Waals surface area contributed by atoms with Crippen molar-refractivity contribution < 1.29 is 14.3 Å². The second-order valence-corrected chi connectivity index (χ2v) is 13.4. The van der Waals surface area contributed by atoms with E-state index in [4.69, 9.17) is 9.97 Å². The van der Waals surface area contributed by atoms with Crippen LogP contribution in [0.1, 0.15) is 99.1 Å². The van der Waals surface area contributed by atoms with Crippen LogP contribution in [0.15, 0.2) is 54.6 Å². The minimum Gasteiger partial charge on any atom is -0.481 e. The first-order chi connectivity index (χ1) is 22.0. The average molecular weight is 614 g/mol. The van der Waals surface area contributed by atoms with Gasteiger partial charge < -0.3 is 20.6 Å². The molecule has 2 heterocycles. The predicted octanol–water partition coefficient (Wildman–Crippen LogP) is 7.61. The lowest BCUT2D eigenvalue weighted by atomic mass is 9.78. The van der Waals surface area contributed by atoms with Crippen molar-refractivity contribution in [3.8, 4) is 0 Å². The molecule has 1 saturated heterocycles. The van der Waals surface area contributed by atoms with Gasteiger partial charge >= 0.3 is 5.97 Å². The van der Waals surface area contributed by atoms with E-state index in [-0.39, 0.29) is 29.7 Å². The lowest BCUT2D eigenvalue weighted by molar-refractivity contribution is -0.143. The molecule has 0 amide bonds. The molecule has 0 radical (unpaired) electrons. The van der Waals surface area contributed by atoms with Crippen LogP contribution in [0, 0.1) is 17.7 Å². The van der Waals surface area contributed by atoms with E-state index >= 15 is 0 Å². The molecule has 3 aliphatic rings. The second kappa shape index (κ2) is 14.7. The zero-order chi connectivity index (χ0) is 31.2. The smallest absolute Gasteiger partial charge is 0.306 e. The number of hydrogen-bond donors (Lipinski definition) is 3. The third-order valence-corrected chi connectivity index (χ3v) is 10.4. The van der Waals surface area contributed by atoms with Crippen LogP contribution < -0.4 is 10.6 Å². The lowest BCUT2D eigenvalue weighted by Crippen LogP contribution is -2.36. The summed E-state index contributed by atoms with van der Waals surface area (Å²) in [4.78, 5) is 24.4. The van der Waals surface area contributed by atoms with Crippen molar-refractivity contribution in [1.29, 1.82) is 0 Å². The number of benzene rings is 2. The fourth-order valence-corrected chi connectivity index (χ4v) is 7.81. The summed E-state index contributed by atoms with van der Waals surface area (Å²) in [7, 11) is 0. The van der Waals surface area contributed by atoms with Crippen LogP contribution in [0.2, 0.25) is 0 Å². The quantitative estimate of drug-likeness (QED) is 0.205. The first-order valence-corrected chi connectivity index (χ1v) is 17.1. The normalized spacial score (nSPS) is 23.5. The van der Waals surface area contributed by atoms with Gasteiger partial charge in [0.15, 0.2) is 0 Å². The number of aromatic nitrogens is 2. The topological polar surface area (TPSA) is 90.4 Å². The standard InChI is InChI=1S/C37H48FN5O2/c1-2-32(26-14-16-27(17-15-26)36(44)45)40-37-41-33-19-18-29(28-12-9-13-30(38)22-28)23-31(33)35(42-37)39-34(25-10-5-3-6-11-25)24-43-20-7-4-8-21-43/h3,5-6,9-13,22,26-27,29,32,34H,2,4,7-8,14-21,23-24H2,1H3,(H,44,45)(H2,39,40,41,42)/t26?,27?,29-,32+,34-/m0/s1. The molecule has 3 aromatic rings. The molecule has 1 aliphatic heterocycles. The first-order valence-electron chi connectivity index (χ1n) is 17.1. The highest BCUT2D eigenvalue weighted by molar-refractivity contribution is 5.70. The van der Waals surface area contributed by atoms with Gasteiger partial charge in [0.05, 0.1) is 17.7 Å².